The van der Waals surface area contributed by atoms with E-state index in [9.17, 15) is 0 Å². The summed E-state index contributed by atoms with van der Waals surface area (Å²) in [7, 11) is 0. The van der Waals surface area contributed by atoms with Gasteiger partial charge in [-0.15, -0.1) is 0 Å². The number of aromatic nitrogens is 1. The van der Waals surface area contributed by atoms with Crippen molar-refractivity contribution in [2.45, 2.75) is 0 Å². The van der Waals surface area contributed by atoms with Crippen molar-refractivity contribution in [2.24, 2.45) is 0 Å². The van der Waals surface area contributed by atoms with Crippen molar-refractivity contribution >= 4 is 75.7 Å². The highest BCUT2D eigenvalue weighted by atomic mass is 14.7. The van der Waals surface area contributed by atoms with Gasteiger partial charge in [-0.25, -0.2) is 0 Å². The number of rotatable bonds is 1. The molecule has 0 saturated carbocycles. The maximum Gasteiger partial charge on any atom is 0.0551 e. The average Bonchev–Trinajstić information content (AvgIpc) is 3.37. The summed E-state index contributed by atoms with van der Waals surface area (Å²) < 4.78 is 0. The maximum atomic E-state index is 3.91. The van der Waals surface area contributed by atoms with Gasteiger partial charge in [0, 0.05) is 21.7 Å². The summed E-state index contributed by atoms with van der Waals surface area (Å²) >= 11 is 0. The zero-order valence-corrected chi connectivity index (χ0v) is 20.0. The summed E-state index contributed by atoms with van der Waals surface area (Å²) in [6.07, 6.45) is 0. The van der Waals surface area contributed by atoms with Crippen LogP contribution in [0.15, 0.2) is 121 Å². The molecule has 0 unspecified atom stereocenters. The lowest BCUT2D eigenvalue weighted by Gasteiger charge is -2.14. The lowest BCUT2D eigenvalue weighted by molar-refractivity contribution is 1.56. The molecule has 0 aliphatic rings. The van der Waals surface area contributed by atoms with E-state index >= 15 is 0 Å². The van der Waals surface area contributed by atoms with Crippen LogP contribution >= 0.6 is 0 Å². The molecule has 1 heterocycles. The van der Waals surface area contributed by atoms with Gasteiger partial charge in [0.15, 0.2) is 0 Å². The fourth-order valence-electron chi connectivity index (χ4n) is 6.77. The van der Waals surface area contributed by atoms with Crippen molar-refractivity contribution in [3.05, 3.63) is 121 Å². The highest BCUT2D eigenvalue weighted by molar-refractivity contribution is 6.33. The van der Waals surface area contributed by atoms with Crippen LogP contribution in [0, 0.1) is 0 Å². The molecule has 1 heteroatoms. The van der Waals surface area contributed by atoms with E-state index in [4.69, 9.17) is 0 Å². The van der Waals surface area contributed by atoms with Crippen LogP contribution in [0.5, 0.6) is 0 Å². The molecule has 0 amide bonds. The molecular weight excluding hydrogens is 446 g/mol. The Balaban J connectivity index is 1.47. The zero-order chi connectivity index (χ0) is 24.1. The molecule has 0 aliphatic carbocycles. The quantitative estimate of drug-likeness (QED) is 0.231. The molecular formula is C36H21N. The second-order valence-electron chi connectivity index (χ2n) is 10.2. The summed E-state index contributed by atoms with van der Waals surface area (Å²) in [5.41, 5.74) is 4.94. The van der Waals surface area contributed by atoms with Crippen LogP contribution in [-0.2, 0) is 0 Å². The third kappa shape index (κ3) is 2.43. The van der Waals surface area contributed by atoms with Gasteiger partial charge < -0.3 is 4.98 Å². The van der Waals surface area contributed by atoms with Gasteiger partial charge >= 0.3 is 0 Å². The minimum atomic E-state index is 1.20. The predicted octanol–water partition coefficient (Wildman–Crippen LogP) is 10.2. The number of hydrogen-bond acceptors (Lipinski definition) is 0. The van der Waals surface area contributed by atoms with Gasteiger partial charge in [-0.05, 0) is 54.0 Å². The second-order valence-corrected chi connectivity index (χ2v) is 10.2. The number of fused-ring (bicyclic) bond motifs is 8. The second kappa shape index (κ2) is 6.87. The molecule has 8 aromatic carbocycles. The van der Waals surface area contributed by atoms with Gasteiger partial charge in [-0.3, -0.25) is 0 Å². The van der Waals surface area contributed by atoms with E-state index < -0.39 is 0 Å². The summed E-state index contributed by atoms with van der Waals surface area (Å²) in [5.74, 6) is 0. The van der Waals surface area contributed by atoms with E-state index in [1.54, 1.807) is 0 Å². The van der Waals surface area contributed by atoms with Crippen molar-refractivity contribution in [2.75, 3.05) is 0 Å². The van der Waals surface area contributed by atoms with Gasteiger partial charge in [0.25, 0.3) is 0 Å². The summed E-state index contributed by atoms with van der Waals surface area (Å²) in [5, 5.41) is 15.7. The van der Waals surface area contributed by atoms with E-state index in [1.165, 1.54) is 86.8 Å². The zero-order valence-electron chi connectivity index (χ0n) is 20.0. The van der Waals surface area contributed by atoms with Crippen LogP contribution < -0.4 is 0 Å². The molecule has 0 atom stereocenters. The van der Waals surface area contributed by atoms with Gasteiger partial charge in [0.1, 0.15) is 0 Å². The number of benzene rings is 8. The molecule has 1 nitrogen and oxygen atoms in total. The van der Waals surface area contributed by atoms with Crippen molar-refractivity contribution in [1.29, 1.82) is 0 Å². The minimum absolute atomic E-state index is 1.20. The van der Waals surface area contributed by atoms with E-state index in [1.807, 2.05) is 0 Å². The third-order valence-electron chi connectivity index (χ3n) is 8.34. The Kier molecular flexibility index (Phi) is 3.59. The Labute approximate surface area is 212 Å². The highest BCUT2D eigenvalue weighted by Crippen LogP contribution is 2.44. The molecule has 0 saturated heterocycles. The first-order chi connectivity index (χ1) is 18.4. The number of H-pyrrole nitrogens is 1. The first-order valence-electron chi connectivity index (χ1n) is 12.9. The molecule has 0 spiro atoms. The topological polar surface area (TPSA) is 15.8 Å². The smallest absolute Gasteiger partial charge is 0.0551 e. The van der Waals surface area contributed by atoms with Crippen LogP contribution in [0.2, 0.25) is 0 Å². The summed E-state index contributed by atoms with van der Waals surface area (Å²) in [6.45, 7) is 0. The van der Waals surface area contributed by atoms with Crippen molar-refractivity contribution in [3.63, 3.8) is 0 Å². The van der Waals surface area contributed by atoms with E-state index in [0.29, 0.717) is 0 Å². The normalized spacial score (nSPS) is 12.3. The first-order valence-corrected chi connectivity index (χ1v) is 12.9. The highest BCUT2D eigenvalue weighted by Gasteiger charge is 2.18. The Morgan fingerprint density at radius 2 is 0.892 bits per heavy atom. The maximum absolute atomic E-state index is 3.91. The van der Waals surface area contributed by atoms with E-state index in [0.717, 1.165) is 0 Å². The number of para-hydroxylation sites is 1. The minimum Gasteiger partial charge on any atom is -0.353 e. The van der Waals surface area contributed by atoms with Gasteiger partial charge in [-0.2, -0.15) is 0 Å². The third-order valence-corrected chi connectivity index (χ3v) is 8.34. The Morgan fingerprint density at radius 1 is 0.297 bits per heavy atom. The molecule has 1 aromatic heterocycles. The molecule has 9 rings (SSSR count). The van der Waals surface area contributed by atoms with Crippen molar-refractivity contribution in [1.82, 2.24) is 4.98 Å². The molecule has 0 bridgehead atoms. The van der Waals surface area contributed by atoms with Crippen LogP contribution in [0.1, 0.15) is 0 Å². The first kappa shape index (κ1) is 19.3. The van der Waals surface area contributed by atoms with E-state index in [-0.39, 0.29) is 0 Å². The number of nitrogens with one attached hydrogen (secondary N) is 1. The lowest BCUT2D eigenvalue weighted by Crippen LogP contribution is -1.88. The van der Waals surface area contributed by atoms with E-state index in [2.05, 4.69) is 126 Å². The van der Waals surface area contributed by atoms with Gasteiger partial charge in [0.05, 0.1) is 11.0 Å². The number of hydrogen-bond donors (Lipinski definition) is 1. The van der Waals surface area contributed by atoms with Crippen molar-refractivity contribution in [3.8, 4) is 11.1 Å². The largest absolute Gasteiger partial charge is 0.353 e. The van der Waals surface area contributed by atoms with Crippen LogP contribution in [0.4, 0.5) is 0 Å². The molecule has 170 valence electrons. The molecule has 1 N–H and O–H groups in total. The Morgan fingerprint density at radius 3 is 1.70 bits per heavy atom. The summed E-state index contributed by atoms with van der Waals surface area (Å²) in [6, 6.07) is 44.6. The van der Waals surface area contributed by atoms with Crippen molar-refractivity contribution < 1.29 is 0 Å². The fraction of sp³-hybridized carbons (Fsp3) is 0. The van der Waals surface area contributed by atoms with Gasteiger partial charge in [-0.1, -0.05) is 121 Å². The Hall–Kier alpha value is -4.88. The van der Waals surface area contributed by atoms with Crippen LogP contribution in [0.25, 0.3) is 86.8 Å². The molecule has 0 fully saturated rings. The molecule has 37 heavy (non-hydrogen) atoms. The average molecular weight is 468 g/mol. The SMILES string of the molecule is c1cc2ccc3ccc(-c4cccc5c4[nH]c4c6ccccc6c6ccccc6c54)c4ccc(c1)c2c34. The molecule has 0 aliphatic heterocycles. The summed E-state index contributed by atoms with van der Waals surface area (Å²) in [4.78, 5) is 3.91. The molecule has 0 radical (unpaired) electrons. The van der Waals surface area contributed by atoms with Crippen LogP contribution in [-0.4, -0.2) is 4.98 Å². The molecule has 9 aromatic rings. The fourth-order valence-corrected chi connectivity index (χ4v) is 6.77. The predicted molar refractivity (Wildman–Crippen MR) is 160 cm³/mol. The number of aromatic amines is 1. The monoisotopic (exact) mass is 467 g/mol. The standard InChI is InChI=1S/C36H21N/c1-3-11-27-24(9-1)25-10-2-4-12-30(25)36-34(27)31-14-6-13-29(35(31)37-36)26-19-17-23-16-15-21-7-5-8-22-18-20-28(26)33(23)32(21)22/h1-20,37H. The van der Waals surface area contributed by atoms with Gasteiger partial charge in [0.2, 0.25) is 0 Å². The lowest BCUT2D eigenvalue weighted by atomic mass is 9.89. The van der Waals surface area contributed by atoms with Crippen LogP contribution in [0.3, 0.4) is 0 Å². The Bertz CT molecular complexity index is 2340.